The predicted molar refractivity (Wildman–Crippen MR) is 330 cm³/mol. The van der Waals surface area contributed by atoms with E-state index in [0.29, 0.717) is 17.4 Å². The van der Waals surface area contributed by atoms with Gasteiger partial charge in [0, 0.05) is 6.42 Å². The molecule has 450 valence electrons. The number of amides is 1. The highest BCUT2D eigenvalue weighted by molar-refractivity contribution is 7.45. The van der Waals surface area contributed by atoms with E-state index in [1.165, 1.54) is 270 Å². The number of carbonyl (C=O) groups is 1. The van der Waals surface area contributed by atoms with Crippen LogP contribution >= 0.6 is 7.82 Å². The Hall–Kier alpha value is -1.28. The fourth-order valence-electron chi connectivity index (χ4n) is 10.1. The second kappa shape index (κ2) is 58.4. The van der Waals surface area contributed by atoms with Crippen molar-refractivity contribution in [3.8, 4) is 0 Å². The lowest BCUT2D eigenvalue weighted by molar-refractivity contribution is -0.870. The van der Waals surface area contributed by atoms with E-state index in [1.54, 1.807) is 6.08 Å². The van der Waals surface area contributed by atoms with Crippen molar-refractivity contribution in [1.29, 1.82) is 0 Å². The van der Waals surface area contributed by atoms with E-state index in [0.717, 1.165) is 44.9 Å². The number of nitrogens with one attached hydrogen (secondary N) is 1. The van der Waals surface area contributed by atoms with Crippen LogP contribution in [0.4, 0.5) is 0 Å². The minimum absolute atomic E-state index is 0.000523. The van der Waals surface area contributed by atoms with Gasteiger partial charge in [0.05, 0.1) is 39.9 Å². The third-order valence-corrected chi connectivity index (χ3v) is 16.3. The average molecular weight is 1090 g/mol. The van der Waals surface area contributed by atoms with Crippen molar-refractivity contribution in [2.45, 2.75) is 347 Å². The molecule has 2 N–H and O–H groups in total. The lowest BCUT2D eigenvalue weighted by Gasteiger charge is -2.29. The third kappa shape index (κ3) is 60.4. The largest absolute Gasteiger partial charge is 0.756 e. The molecule has 0 heterocycles. The van der Waals surface area contributed by atoms with Crippen molar-refractivity contribution in [3.63, 3.8) is 0 Å². The normalized spacial score (nSPS) is 13.9. The molecule has 1 amide bonds. The summed E-state index contributed by atoms with van der Waals surface area (Å²) in [6.07, 6.45) is 76.9. The number of quaternary nitrogens is 1. The molecule has 0 saturated heterocycles. The number of unbranched alkanes of at least 4 members (excludes halogenated alkanes) is 45. The molecule has 0 radical (unpaired) electrons. The summed E-state index contributed by atoms with van der Waals surface area (Å²) in [6, 6.07) is -0.886. The predicted octanol–water partition coefficient (Wildman–Crippen LogP) is 20.3. The second-order valence-electron chi connectivity index (χ2n) is 24.2. The fraction of sp³-hybridized carbons (Fsp3) is 0.896. The average Bonchev–Trinajstić information content (AvgIpc) is 3.38. The van der Waals surface area contributed by atoms with Gasteiger partial charge in [-0.2, -0.15) is 0 Å². The van der Waals surface area contributed by atoms with Crippen LogP contribution in [0, 0.1) is 0 Å². The van der Waals surface area contributed by atoms with Gasteiger partial charge >= 0.3 is 0 Å². The first-order chi connectivity index (χ1) is 37.0. The highest BCUT2D eigenvalue weighted by Crippen LogP contribution is 2.38. The first-order valence-electron chi connectivity index (χ1n) is 33.4. The molecule has 3 unspecified atom stereocenters. The van der Waals surface area contributed by atoms with Gasteiger partial charge in [-0.05, 0) is 51.4 Å². The molecule has 0 saturated carbocycles. The van der Waals surface area contributed by atoms with Crippen molar-refractivity contribution < 1.29 is 32.9 Å². The van der Waals surface area contributed by atoms with Crippen LogP contribution in [0.15, 0.2) is 36.5 Å². The maximum atomic E-state index is 13.0. The zero-order valence-corrected chi connectivity index (χ0v) is 52.4. The van der Waals surface area contributed by atoms with Gasteiger partial charge in [-0.25, -0.2) is 0 Å². The molecule has 0 bridgehead atoms. The zero-order valence-electron chi connectivity index (χ0n) is 51.5. The van der Waals surface area contributed by atoms with Crippen LogP contribution in [-0.2, 0) is 18.4 Å². The van der Waals surface area contributed by atoms with Crippen LogP contribution in [0.1, 0.15) is 335 Å². The molecule has 0 aliphatic heterocycles. The van der Waals surface area contributed by atoms with Crippen molar-refractivity contribution in [2.75, 3.05) is 40.9 Å². The van der Waals surface area contributed by atoms with Crippen LogP contribution in [-0.4, -0.2) is 68.5 Å². The SMILES string of the molecule is CCCCCCCCCCCCCCC/C=C\C/C=C\CCCCCCCCCCCCCCCCCCCC(=O)NC(COP(=O)([O-])OCC[N+](C)(C)C)C(O)/C=C/CCCCCCCCCCCCCCCCC. The van der Waals surface area contributed by atoms with E-state index >= 15 is 0 Å². The lowest BCUT2D eigenvalue weighted by atomic mass is 10.0. The van der Waals surface area contributed by atoms with Crippen LogP contribution in [0.25, 0.3) is 0 Å². The first kappa shape index (κ1) is 74.7. The van der Waals surface area contributed by atoms with Crippen molar-refractivity contribution in [1.82, 2.24) is 5.32 Å². The minimum Gasteiger partial charge on any atom is -0.756 e. The van der Waals surface area contributed by atoms with E-state index in [4.69, 9.17) is 9.05 Å². The number of phosphoric ester groups is 1. The van der Waals surface area contributed by atoms with Crippen molar-refractivity contribution in [2.24, 2.45) is 0 Å². The molecule has 0 aliphatic rings. The van der Waals surface area contributed by atoms with Crippen molar-refractivity contribution in [3.05, 3.63) is 36.5 Å². The Morgan fingerprint density at radius 3 is 1.09 bits per heavy atom. The number of hydrogen-bond donors (Lipinski definition) is 2. The first-order valence-corrected chi connectivity index (χ1v) is 34.8. The summed E-state index contributed by atoms with van der Waals surface area (Å²) in [5.74, 6) is -0.192. The standard InChI is InChI=1S/C67H131N2O6P/c1-6-8-10-12-14-16-18-20-22-24-25-26-27-28-29-30-31-32-33-34-35-36-37-38-39-40-41-42-43-45-47-49-51-53-55-57-59-61-67(71)68-65(64-75-76(72,73)74-63-62-69(3,4)5)66(70)60-58-56-54-52-50-48-46-44-23-21-19-17-15-13-11-9-7-2/h29-30,32-33,58,60,65-66,70H,6-28,31,34-57,59,61-64H2,1-5H3,(H-,68,71,72,73)/b30-29-,33-32-,60-58+. The molecule has 3 atom stereocenters. The van der Waals surface area contributed by atoms with Gasteiger partial charge < -0.3 is 28.8 Å². The number of likely N-dealkylation sites (N-methyl/N-ethyl adjacent to an activating group) is 1. The smallest absolute Gasteiger partial charge is 0.268 e. The highest BCUT2D eigenvalue weighted by atomic mass is 31.2. The monoisotopic (exact) mass is 1090 g/mol. The Morgan fingerprint density at radius 2 is 0.763 bits per heavy atom. The molecular weight excluding hydrogens is 960 g/mol. The second-order valence-corrected chi connectivity index (χ2v) is 25.6. The third-order valence-electron chi connectivity index (χ3n) is 15.3. The number of nitrogens with zero attached hydrogens (tertiary/aromatic N) is 1. The van der Waals surface area contributed by atoms with E-state index in [1.807, 2.05) is 27.2 Å². The van der Waals surface area contributed by atoms with Crippen LogP contribution in [0.5, 0.6) is 0 Å². The van der Waals surface area contributed by atoms with Crippen LogP contribution in [0.3, 0.4) is 0 Å². The highest BCUT2D eigenvalue weighted by Gasteiger charge is 2.23. The van der Waals surface area contributed by atoms with Gasteiger partial charge in [0.15, 0.2) is 0 Å². The van der Waals surface area contributed by atoms with Crippen LogP contribution in [0.2, 0.25) is 0 Å². The fourth-order valence-corrected chi connectivity index (χ4v) is 10.9. The van der Waals surface area contributed by atoms with Gasteiger partial charge in [0.1, 0.15) is 13.2 Å². The summed E-state index contributed by atoms with van der Waals surface area (Å²) in [7, 11) is 1.27. The molecule has 0 aliphatic carbocycles. The Kier molecular flexibility index (Phi) is 57.4. The van der Waals surface area contributed by atoms with Gasteiger partial charge in [-0.3, -0.25) is 9.36 Å². The molecule has 0 aromatic carbocycles. The summed E-state index contributed by atoms with van der Waals surface area (Å²) in [6.45, 7) is 4.69. The molecule has 8 nitrogen and oxygen atoms in total. The maximum Gasteiger partial charge on any atom is 0.268 e. The Labute approximate surface area is 474 Å². The van der Waals surface area contributed by atoms with Gasteiger partial charge in [0.25, 0.3) is 7.82 Å². The molecule has 0 aromatic rings. The molecule has 0 spiro atoms. The summed E-state index contributed by atoms with van der Waals surface area (Å²) in [5.41, 5.74) is 0. The molecule has 0 fully saturated rings. The van der Waals surface area contributed by atoms with E-state index in [-0.39, 0.29) is 19.1 Å². The molecule has 0 aromatic heterocycles. The number of aliphatic hydroxyl groups is 1. The quantitative estimate of drug-likeness (QED) is 0.0272. The summed E-state index contributed by atoms with van der Waals surface area (Å²) in [5, 5.41) is 13.9. The molecule has 0 rings (SSSR count). The van der Waals surface area contributed by atoms with Gasteiger partial charge in [0.2, 0.25) is 5.91 Å². The van der Waals surface area contributed by atoms with Crippen LogP contribution < -0.4 is 10.2 Å². The number of aliphatic hydroxyl groups excluding tert-OH is 1. The Morgan fingerprint density at radius 1 is 0.461 bits per heavy atom. The number of hydrogen-bond acceptors (Lipinski definition) is 6. The van der Waals surface area contributed by atoms with E-state index in [9.17, 15) is 19.4 Å². The van der Waals surface area contributed by atoms with E-state index in [2.05, 4.69) is 43.5 Å². The molecular formula is C67H131N2O6P. The zero-order chi connectivity index (χ0) is 55.6. The van der Waals surface area contributed by atoms with Gasteiger partial charge in [-0.1, -0.05) is 314 Å². The summed E-state index contributed by atoms with van der Waals surface area (Å²) >= 11 is 0. The summed E-state index contributed by atoms with van der Waals surface area (Å²) < 4.78 is 23.4. The topological polar surface area (TPSA) is 108 Å². The molecule has 9 heteroatoms. The maximum absolute atomic E-state index is 13.0. The molecule has 76 heavy (non-hydrogen) atoms. The minimum atomic E-state index is -4.60. The number of allylic oxidation sites excluding steroid dienone is 5. The lowest BCUT2D eigenvalue weighted by Crippen LogP contribution is -2.45. The number of phosphoric acid groups is 1. The van der Waals surface area contributed by atoms with E-state index < -0.39 is 20.0 Å². The Bertz CT molecular complexity index is 1330. The van der Waals surface area contributed by atoms with Gasteiger partial charge in [-0.15, -0.1) is 0 Å². The number of rotatable bonds is 62. The van der Waals surface area contributed by atoms with Crippen molar-refractivity contribution >= 4 is 13.7 Å². The summed E-state index contributed by atoms with van der Waals surface area (Å²) in [4.78, 5) is 25.5. The number of carbonyl (C=O) groups excluding carboxylic acids is 1. The Balaban J connectivity index is 3.97.